The van der Waals surface area contributed by atoms with Gasteiger partial charge in [0.25, 0.3) is 5.91 Å². The highest BCUT2D eigenvalue weighted by Crippen LogP contribution is 2.59. The number of carbonyl (C=O) groups is 2. The Hall–Kier alpha value is -2.24. The first-order valence-corrected chi connectivity index (χ1v) is 10.2. The summed E-state index contributed by atoms with van der Waals surface area (Å²) in [6.45, 7) is 0.418. The maximum atomic E-state index is 12.4. The molecule has 0 saturated heterocycles. The van der Waals surface area contributed by atoms with Crippen molar-refractivity contribution in [2.75, 3.05) is 27.4 Å². The Morgan fingerprint density at radius 2 is 1.68 bits per heavy atom. The molecule has 4 aliphatic rings. The molecule has 0 spiro atoms. The molecule has 4 bridgehead atoms. The van der Waals surface area contributed by atoms with E-state index in [4.69, 9.17) is 14.2 Å². The first-order chi connectivity index (χ1) is 13.5. The predicted molar refractivity (Wildman–Crippen MR) is 103 cm³/mol. The summed E-state index contributed by atoms with van der Waals surface area (Å²) in [5.41, 5.74) is 0.514. The Bertz CT molecular complexity index is 724. The molecule has 4 aliphatic carbocycles. The molecular weight excluding hydrogens is 358 g/mol. The summed E-state index contributed by atoms with van der Waals surface area (Å²) in [5.74, 6) is 2.46. The molecule has 4 saturated carbocycles. The summed E-state index contributed by atoms with van der Waals surface area (Å²) in [7, 11) is 2.97. The van der Waals surface area contributed by atoms with Gasteiger partial charge < -0.3 is 19.5 Å². The number of esters is 1. The number of methoxy groups -OCH3 is 2. The topological polar surface area (TPSA) is 73.9 Å². The number of hydrogen-bond acceptors (Lipinski definition) is 5. The monoisotopic (exact) mass is 387 g/mol. The van der Waals surface area contributed by atoms with E-state index < -0.39 is 5.97 Å². The number of amides is 1. The van der Waals surface area contributed by atoms with Crippen LogP contribution in [-0.4, -0.2) is 39.2 Å². The van der Waals surface area contributed by atoms with E-state index in [1.165, 1.54) is 52.7 Å². The van der Waals surface area contributed by atoms with Gasteiger partial charge in [-0.3, -0.25) is 4.79 Å². The Morgan fingerprint density at radius 3 is 2.25 bits per heavy atom. The van der Waals surface area contributed by atoms with Crippen molar-refractivity contribution in [1.82, 2.24) is 5.32 Å². The maximum absolute atomic E-state index is 12.4. The van der Waals surface area contributed by atoms with Crippen molar-refractivity contribution in [1.29, 1.82) is 0 Å². The lowest BCUT2D eigenvalue weighted by Crippen LogP contribution is -2.51. The zero-order valence-electron chi connectivity index (χ0n) is 16.7. The van der Waals surface area contributed by atoms with Gasteiger partial charge in [-0.05, 0) is 73.8 Å². The standard InChI is InChI=1S/C22H29NO5/c1-26-18-5-3-4-17(20(18)27-2)21(25)28-12-19(24)23-13-22-9-14-6-15(10-22)8-16(7-14)11-22/h3-5,14-16H,6-13H2,1-2H3,(H,23,24). The van der Waals surface area contributed by atoms with Crippen LogP contribution in [0.2, 0.25) is 0 Å². The van der Waals surface area contributed by atoms with Crippen molar-refractivity contribution in [3.8, 4) is 11.5 Å². The van der Waals surface area contributed by atoms with E-state index in [0.29, 0.717) is 18.0 Å². The molecule has 1 aromatic rings. The summed E-state index contributed by atoms with van der Waals surface area (Å²) < 4.78 is 15.7. The zero-order chi connectivity index (χ0) is 19.7. The molecule has 1 N–H and O–H groups in total. The Morgan fingerprint density at radius 1 is 1.04 bits per heavy atom. The van der Waals surface area contributed by atoms with Crippen LogP contribution in [0.25, 0.3) is 0 Å². The normalized spacial score (nSPS) is 30.0. The first-order valence-electron chi connectivity index (χ1n) is 10.2. The van der Waals surface area contributed by atoms with Crippen molar-refractivity contribution in [2.45, 2.75) is 38.5 Å². The van der Waals surface area contributed by atoms with Gasteiger partial charge in [-0.25, -0.2) is 4.79 Å². The fourth-order valence-electron chi connectivity index (χ4n) is 6.10. The van der Waals surface area contributed by atoms with Gasteiger partial charge in [0, 0.05) is 6.54 Å². The fourth-order valence-corrected chi connectivity index (χ4v) is 6.10. The Labute approximate surface area is 165 Å². The van der Waals surface area contributed by atoms with Crippen molar-refractivity contribution in [3.05, 3.63) is 23.8 Å². The van der Waals surface area contributed by atoms with Crippen LogP contribution in [0.1, 0.15) is 48.9 Å². The average molecular weight is 387 g/mol. The van der Waals surface area contributed by atoms with Gasteiger partial charge in [0.15, 0.2) is 18.1 Å². The maximum Gasteiger partial charge on any atom is 0.342 e. The number of rotatable bonds is 7. The summed E-state index contributed by atoms with van der Waals surface area (Å²) in [4.78, 5) is 24.7. The minimum atomic E-state index is -0.597. The molecule has 0 unspecified atom stereocenters. The van der Waals surface area contributed by atoms with Gasteiger partial charge in [0.2, 0.25) is 0 Å². The first kappa shape index (κ1) is 19.1. The zero-order valence-corrected chi connectivity index (χ0v) is 16.7. The van der Waals surface area contributed by atoms with Crippen molar-refractivity contribution >= 4 is 11.9 Å². The quantitative estimate of drug-likeness (QED) is 0.728. The third-order valence-corrected chi connectivity index (χ3v) is 6.78. The van der Waals surface area contributed by atoms with Crippen LogP contribution in [0.5, 0.6) is 11.5 Å². The molecule has 0 radical (unpaired) electrons. The SMILES string of the molecule is COc1cccc(C(=O)OCC(=O)NCC23CC4CC(CC(C4)C2)C3)c1OC. The van der Waals surface area contributed by atoms with Gasteiger partial charge >= 0.3 is 5.97 Å². The smallest absolute Gasteiger partial charge is 0.342 e. The van der Waals surface area contributed by atoms with Crippen molar-refractivity contribution in [2.24, 2.45) is 23.2 Å². The van der Waals surface area contributed by atoms with Crippen LogP contribution in [0.3, 0.4) is 0 Å². The van der Waals surface area contributed by atoms with E-state index >= 15 is 0 Å². The fraction of sp³-hybridized carbons (Fsp3) is 0.636. The predicted octanol–water partition coefficient (Wildman–Crippen LogP) is 3.19. The van der Waals surface area contributed by atoms with Crippen LogP contribution < -0.4 is 14.8 Å². The van der Waals surface area contributed by atoms with Gasteiger partial charge in [-0.1, -0.05) is 6.07 Å². The second-order valence-electron chi connectivity index (χ2n) is 8.81. The van der Waals surface area contributed by atoms with Gasteiger partial charge in [-0.15, -0.1) is 0 Å². The minimum Gasteiger partial charge on any atom is -0.493 e. The summed E-state index contributed by atoms with van der Waals surface area (Å²) >= 11 is 0. The van der Waals surface area contributed by atoms with Gasteiger partial charge in [-0.2, -0.15) is 0 Å². The molecule has 6 heteroatoms. The van der Waals surface area contributed by atoms with E-state index in [9.17, 15) is 9.59 Å². The molecule has 4 fully saturated rings. The van der Waals surface area contributed by atoms with E-state index in [0.717, 1.165) is 17.8 Å². The van der Waals surface area contributed by atoms with Crippen molar-refractivity contribution < 1.29 is 23.8 Å². The van der Waals surface area contributed by atoms with E-state index in [1.54, 1.807) is 18.2 Å². The lowest BCUT2D eigenvalue weighted by atomic mass is 9.49. The Balaban J connectivity index is 1.30. The van der Waals surface area contributed by atoms with Crippen LogP contribution in [0, 0.1) is 23.2 Å². The van der Waals surface area contributed by atoms with Gasteiger partial charge in [0.1, 0.15) is 5.56 Å². The second kappa shape index (κ2) is 7.64. The highest BCUT2D eigenvalue weighted by molar-refractivity contribution is 5.94. The average Bonchev–Trinajstić information content (AvgIpc) is 2.68. The third kappa shape index (κ3) is 3.69. The van der Waals surface area contributed by atoms with E-state index in [1.807, 2.05) is 0 Å². The minimum absolute atomic E-state index is 0.244. The molecule has 0 heterocycles. The van der Waals surface area contributed by atoms with Gasteiger partial charge in [0.05, 0.1) is 14.2 Å². The molecule has 152 valence electrons. The van der Waals surface area contributed by atoms with Crippen LogP contribution in [0.4, 0.5) is 0 Å². The number of nitrogens with one attached hydrogen (secondary N) is 1. The van der Waals surface area contributed by atoms with Crippen molar-refractivity contribution in [3.63, 3.8) is 0 Å². The van der Waals surface area contributed by atoms with Crippen LogP contribution in [0.15, 0.2) is 18.2 Å². The lowest BCUT2D eigenvalue weighted by molar-refractivity contribution is -0.126. The lowest BCUT2D eigenvalue weighted by Gasteiger charge is -2.56. The highest BCUT2D eigenvalue weighted by Gasteiger charge is 2.50. The third-order valence-electron chi connectivity index (χ3n) is 6.78. The molecule has 0 atom stereocenters. The highest BCUT2D eigenvalue weighted by atomic mass is 16.5. The summed E-state index contributed by atoms with van der Waals surface area (Å²) in [6.07, 6.45) is 7.85. The molecule has 0 aromatic heterocycles. The van der Waals surface area contributed by atoms with Crippen LogP contribution >= 0.6 is 0 Å². The largest absolute Gasteiger partial charge is 0.493 e. The molecule has 1 aromatic carbocycles. The molecule has 5 rings (SSSR count). The summed E-state index contributed by atoms with van der Waals surface area (Å²) in [6, 6.07) is 4.98. The summed E-state index contributed by atoms with van der Waals surface area (Å²) in [5, 5.41) is 3.03. The molecular formula is C22H29NO5. The van der Waals surface area contributed by atoms with Crippen LogP contribution in [-0.2, 0) is 9.53 Å². The molecule has 6 nitrogen and oxygen atoms in total. The second-order valence-corrected chi connectivity index (χ2v) is 8.81. The molecule has 1 amide bonds. The molecule has 28 heavy (non-hydrogen) atoms. The van der Waals surface area contributed by atoms with E-state index in [-0.39, 0.29) is 23.5 Å². The number of para-hydroxylation sites is 1. The number of ether oxygens (including phenoxy) is 3. The number of carbonyl (C=O) groups excluding carboxylic acids is 2. The number of hydrogen-bond donors (Lipinski definition) is 1. The van der Waals surface area contributed by atoms with E-state index in [2.05, 4.69) is 5.32 Å². The number of benzene rings is 1. The molecule has 0 aliphatic heterocycles. The Kier molecular flexibility index (Phi) is 5.21.